The topological polar surface area (TPSA) is 75.0 Å². The third-order valence-corrected chi connectivity index (χ3v) is 5.22. The van der Waals surface area contributed by atoms with E-state index in [1.165, 1.54) is 0 Å². The number of benzene rings is 1. The Morgan fingerprint density at radius 2 is 2.03 bits per heavy atom. The third kappa shape index (κ3) is 5.60. The van der Waals surface area contributed by atoms with Crippen LogP contribution in [-0.2, 0) is 16.1 Å². The quantitative estimate of drug-likeness (QED) is 0.665. The molecule has 0 spiro atoms. The Bertz CT molecular complexity index is 802. The first kappa shape index (κ1) is 20.9. The first-order valence-electron chi connectivity index (χ1n) is 10.2. The van der Waals surface area contributed by atoms with E-state index in [1.807, 2.05) is 30.3 Å². The Labute approximate surface area is 171 Å². The number of ether oxygens (including phenoxy) is 1. The molecule has 1 unspecified atom stereocenters. The number of likely N-dealkylation sites (N-methyl/N-ethyl adjacent to an activating group) is 1. The van der Waals surface area contributed by atoms with Gasteiger partial charge < -0.3 is 24.3 Å². The van der Waals surface area contributed by atoms with Gasteiger partial charge >= 0.3 is 0 Å². The molecule has 1 aliphatic heterocycles. The molecule has 0 saturated carbocycles. The Hall–Kier alpha value is -2.80. The standard InChI is InChI=1S/C22H29N3O4/c1-3-24(4-2)11-13-29-20-10-6-5-9-19(20)23-22(27)17-14-21(26)25(15-17)16-18-8-7-12-28-18/h5-10,12,17H,3-4,11,13-16H2,1-2H3,(H,23,27). The van der Waals surface area contributed by atoms with Crippen molar-refractivity contribution < 1.29 is 18.7 Å². The molecule has 3 rings (SSSR count). The predicted octanol–water partition coefficient (Wildman–Crippen LogP) is 2.99. The number of hydrogen-bond acceptors (Lipinski definition) is 5. The summed E-state index contributed by atoms with van der Waals surface area (Å²) in [6, 6.07) is 11.0. The molecule has 0 bridgehead atoms. The van der Waals surface area contributed by atoms with Crippen LogP contribution in [0.3, 0.4) is 0 Å². The molecule has 1 aliphatic rings. The van der Waals surface area contributed by atoms with Crippen LogP contribution in [-0.4, -0.2) is 54.4 Å². The van der Waals surface area contributed by atoms with Crippen LogP contribution in [0.2, 0.25) is 0 Å². The highest BCUT2D eigenvalue weighted by molar-refractivity contribution is 5.98. The molecule has 7 nitrogen and oxygen atoms in total. The fourth-order valence-electron chi connectivity index (χ4n) is 3.45. The van der Waals surface area contributed by atoms with E-state index in [9.17, 15) is 9.59 Å². The first-order chi connectivity index (χ1) is 14.1. The number of nitrogens with zero attached hydrogens (tertiary/aromatic N) is 2. The van der Waals surface area contributed by atoms with E-state index in [0.717, 1.165) is 19.6 Å². The van der Waals surface area contributed by atoms with Crippen LogP contribution in [0.25, 0.3) is 0 Å². The van der Waals surface area contributed by atoms with Gasteiger partial charge in [0.25, 0.3) is 0 Å². The molecule has 1 saturated heterocycles. The number of para-hydroxylation sites is 2. The van der Waals surface area contributed by atoms with E-state index in [1.54, 1.807) is 17.2 Å². The van der Waals surface area contributed by atoms with Crippen molar-refractivity contribution in [3.63, 3.8) is 0 Å². The largest absolute Gasteiger partial charge is 0.490 e. The summed E-state index contributed by atoms with van der Waals surface area (Å²) in [4.78, 5) is 29.0. The number of carbonyl (C=O) groups excluding carboxylic acids is 2. The first-order valence-corrected chi connectivity index (χ1v) is 10.2. The fourth-order valence-corrected chi connectivity index (χ4v) is 3.45. The zero-order valence-corrected chi connectivity index (χ0v) is 17.1. The molecule has 0 aliphatic carbocycles. The molecule has 1 aromatic heterocycles. The van der Waals surface area contributed by atoms with Gasteiger partial charge in [-0.1, -0.05) is 26.0 Å². The van der Waals surface area contributed by atoms with Gasteiger partial charge in [-0.15, -0.1) is 0 Å². The highest BCUT2D eigenvalue weighted by atomic mass is 16.5. The molecule has 1 atom stereocenters. The zero-order chi connectivity index (χ0) is 20.6. The van der Waals surface area contributed by atoms with Crippen LogP contribution < -0.4 is 10.1 Å². The normalized spacial score (nSPS) is 16.4. The van der Waals surface area contributed by atoms with Gasteiger partial charge in [-0.05, 0) is 37.4 Å². The third-order valence-electron chi connectivity index (χ3n) is 5.22. The molecule has 2 aromatic rings. The SMILES string of the molecule is CCN(CC)CCOc1ccccc1NC(=O)C1CC(=O)N(Cc2ccco2)C1. The van der Waals surface area contributed by atoms with E-state index in [-0.39, 0.29) is 24.2 Å². The van der Waals surface area contributed by atoms with Gasteiger partial charge in [0.2, 0.25) is 11.8 Å². The lowest BCUT2D eigenvalue weighted by Crippen LogP contribution is -2.29. The number of furan rings is 1. The average molecular weight is 399 g/mol. The Morgan fingerprint density at radius 1 is 1.24 bits per heavy atom. The molecule has 2 amide bonds. The van der Waals surface area contributed by atoms with Crippen LogP contribution in [0.5, 0.6) is 5.75 Å². The molecule has 7 heteroatoms. The monoisotopic (exact) mass is 399 g/mol. The second-order valence-corrected chi connectivity index (χ2v) is 7.12. The minimum absolute atomic E-state index is 0.0368. The summed E-state index contributed by atoms with van der Waals surface area (Å²) < 4.78 is 11.2. The summed E-state index contributed by atoms with van der Waals surface area (Å²) in [6.07, 6.45) is 1.79. The molecular weight excluding hydrogens is 370 g/mol. The smallest absolute Gasteiger partial charge is 0.229 e. The number of nitrogens with one attached hydrogen (secondary N) is 1. The highest BCUT2D eigenvalue weighted by Crippen LogP contribution is 2.27. The second kappa shape index (κ2) is 10.1. The van der Waals surface area contributed by atoms with Crippen molar-refractivity contribution in [3.8, 4) is 5.75 Å². The number of hydrogen-bond donors (Lipinski definition) is 1. The van der Waals surface area contributed by atoms with Crippen molar-refractivity contribution in [1.29, 1.82) is 0 Å². The van der Waals surface area contributed by atoms with E-state index < -0.39 is 0 Å². The zero-order valence-electron chi connectivity index (χ0n) is 17.1. The summed E-state index contributed by atoms with van der Waals surface area (Å²) in [6.45, 7) is 8.34. The minimum atomic E-state index is -0.388. The molecule has 1 N–H and O–H groups in total. The summed E-state index contributed by atoms with van der Waals surface area (Å²) in [5.74, 6) is 0.766. The molecule has 0 radical (unpaired) electrons. The van der Waals surface area contributed by atoms with Gasteiger partial charge in [0, 0.05) is 19.5 Å². The summed E-state index contributed by atoms with van der Waals surface area (Å²) in [7, 11) is 0. The van der Waals surface area contributed by atoms with E-state index in [2.05, 4.69) is 24.1 Å². The van der Waals surface area contributed by atoms with Crippen LogP contribution in [0, 0.1) is 5.92 Å². The molecule has 2 heterocycles. The molecule has 29 heavy (non-hydrogen) atoms. The van der Waals surface area contributed by atoms with E-state index in [0.29, 0.717) is 36.9 Å². The molecule has 156 valence electrons. The lowest BCUT2D eigenvalue weighted by Gasteiger charge is -2.19. The number of carbonyl (C=O) groups is 2. The van der Waals surface area contributed by atoms with Gasteiger partial charge in [0.15, 0.2) is 0 Å². The number of rotatable bonds is 10. The van der Waals surface area contributed by atoms with Gasteiger partial charge in [-0.25, -0.2) is 0 Å². The van der Waals surface area contributed by atoms with Gasteiger partial charge in [-0.3, -0.25) is 9.59 Å². The maximum atomic E-state index is 12.8. The second-order valence-electron chi connectivity index (χ2n) is 7.12. The summed E-state index contributed by atoms with van der Waals surface area (Å²) in [5, 5.41) is 2.94. The molecule has 1 aromatic carbocycles. The van der Waals surface area contributed by atoms with Gasteiger partial charge in [0.1, 0.15) is 18.1 Å². The minimum Gasteiger partial charge on any atom is -0.490 e. The van der Waals surface area contributed by atoms with Crippen LogP contribution in [0.4, 0.5) is 5.69 Å². The van der Waals surface area contributed by atoms with E-state index >= 15 is 0 Å². The highest BCUT2D eigenvalue weighted by Gasteiger charge is 2.34. The van der Waals surface area contributed by atoms with Crippen molar-refractivity contribution in [1.82, 2.24) is 9.80 Å². The van der Waals surface area contributed by atoms with Crippen LogP contribution >= 0.6 is 0 Å². The van der Waals surface area contributed by atoms with Crippen molar-refractivity contribution >= 4 is 17.5 Å². The number of likely N-dealkylation sites (tertiary alicyclic amines) is 1. The summed E-state index contributed by atoms with van der Waals surface area (Å²) >= 11 is 0. The van der Waals surface area contributed by atoms with Crippen molar-refractivity contribution in [2.24, 2.45) is 5.92 Å². The Balaban J connectivity index is 1.56. The van der Waals surface area contributed by atoms with Gasteiger partial charge in [-0.2, -0.15) is 0 Å². The maximum Gasteiger partial charge on any atom is 0.229 e. The Morgan fingerprint density at radius 3 is 2.76 bits per heavy atom. The van der Waals surface area contributed by atoms with Gasteiger partial charge in [0.05, 0.1) is 24.4 Å². The number of amides is 2. The molecular formula is C22H29N3O4. The van der Waals surface area contributed by atoms with Crippen LogP contribution in [0.1, 0.15) is 26.0 Å². The van der Waals surface area contributed by atoms with Crippen molar-refractivity contribution in [3.05, 3.63) is 48.4 Å². The van der Waals surface area contributed by atoms with Crippen molar-refractivity contribution in [2.75, 3.05) is 38.1 Å². The predicted molar refractivity (Wildman–Crippen MR) is 111 cm³/mol. The number of anilines is 1. The summed E-state index contributed by atoms with van der Waals surface area (Å²) in [5.41, 5.74) is 0.633. The lowest BCUT2D eigenvalue weighted by atomic mass is 10.1. The maximum absolute atomic E-state index is 12.8. The Kier molecular flexibility index (Phi) is 7.30. The van der Waals surface area contributed by atoms with Crippen LogP contribution in [0.15, 0.2) is 47.1 Å². The fraction of sp³-hybridized carbons (Fsp3) is 0.455. The average Bonchev–Trinajstić information content (AvgIpc) is 3.37. The van der Waals surface area contributed by atoms with E-state index in [4.69, 9.17) is 9.15 Å². The molecule has 1 fully saturated rings. The van der Waals surface area contributed by atoms with Crippen molar-refractivity contribution in [2.45, 2.75) is 26.8 Å². The lowest BCUT2D eigenvalue weighted by molar-refractivity contribution is -0.128.